The van der Waals surface area contributed by atoms with E-state index in [0.29, 0.717) is 25.9 Å². The van der Waals surface area contributed by atoms with Gasteiger partial charge in [-0.3, -0.25) is 4.79 Å². The maximum atomic E-state index is 11.0. The molecule has 0 aliphatic carbocycles. The lowest BCUT2D eigenvalue weighted by molar-refractivity contribution is -0.121. The minimum absolute atomic E-state index is 0.0168. The van der Waals surface area contributed by atoms with Crippen LogP contribution in [-0.4, -0.2) is 37.3 Å². The number of carbonyl (C=O) groups excluding carboxylic acids is 1. The Morgan fingerprint density at radius 1 is 1.58 bits per heavy atom. The van der Waals surface area contributed by atoms with Gasteiger partial charge in [-0.1, -0.05) is 6.92 Å². The Balaban J connectivity index is 3.31. The van der Waals surface area contributed by atoms with E-state index in [4.69, 9.17) is 5.11 Å². The van der Waals surface area contributed by atoms with Crippen molar-refractivity contribution in [2.75, 3.05) is 20.1 Å². The summed E-state index contributed by atoms with van der Waals surface area (Å²) in [5.41, 5.74) is 0. The molecule has 0 fully saturated rings. The predicted molar refractivity (Wildman–Crippen MR) is 47.9 cm³/mol. The van der Waals surface area contributed by atoms with Gasteiger partial charge in [0.1, 0.15) is 0 Å². The number of carbonyl (C=O) groups is 1. The van der Waals surface area contributed by atoms with Crippen molar-refractivity contribution in [2.45, 2.75) is 25.9 Å². The molecule has 0 bridgehead atoms. The molecule has 0 rings (SSSR count). The molecule has 0 aliphatic rings. The molecule has 0 saturated heterocycles. The van der Waals surface area contributed by atoms with Gasteiger partial charge in [0.15, 0.2) is 0 Å². The van der Waals surface area contributed by atoms with Crippen LogP contribution < -0.4 is 10.6 Å². The summed E-state index contributed by atoms with van der Waals surface area (Å²) < 4.78 is 0. The van der Waals surface area contributed by atoms with Crippen molar-refractivity contribution in [3.63, 3.8) is 0 Å². The number of aliphatic hydroxyl groups excluding tert-OH is 1. The minimum atomic E-state index is -0.413. The second-order valence-electron chi connectivity index (χ2n) is 2.72. The lowest BCUT2D eigenvalue weighted by atomic mass is 10.3. The summed E-state index contributed by atoms with van der Waals surface area (Å²) in [5.74, 6) is -0.0168. The van der Waals surface area contributed by atoms with Gasteiger partial charge >= 0.3 is 0 Å². The molecule has 0 heterocycles. The fourth-order valence-electron chi connectivity index (χ4n) is 0.703. The molecular weight excluding hydrogens is 156 g/mol. The zero-order valence-corrected chi connectivity index (χ0v) is 7.76. The Kier molecular flexibility index (Phi) is 6.70. The van der Waals surface area contributed by atoms with Crippen molar-refractivity contribution < 1.29 is 9.90 Å². The molecule has 0 aliphatic heterocycles. The first-order valence-electron chi connectivity index (χ1n) is 4.30. The third-order valence-corrected chi connectivity index (χ3v) is 1.61. The van der Waals surface area contributed by atoms with E-state index in [1.165, 1.54) is 0 Å². The third kappa shape index (κ3) is 6.12. The number of hydrogen-bond donors (Lipinski definition) is 3. The average molecular weight is 174 g/mol. The monoisotopic (exact) mass is 174 g/mol. The van der Waals surface area contributed by atoms with Gasteiger partial charge in [-0.15, -0.1) is 0 Å². The summed E-state index contributed by atoms with van der Waals surface area (Å²) in [6, 6.07) is 0. The maximum absolute atomic E-state index is 11.0. The number of nitrogens with one attached hydrogen (secondary N) is 2. The van der Waals surface area contributed by atoms with Gasteiger partial charge in [-0.25, -0.2) is 0 Å². The van der Waals surface area contributed by atoms with Crippen LogP contribution in [0.2, 0.25) is 0 Å². The highest BCUT2D eigenvalue weighted by atomic mass is 16.3. The summed E-state index contributed by atoms with van der Waals surface area (Å²) in [6.07, 6.45) is 0.725. The van der Waals surface area contributed by atoms with Crippen LogP contribution in [0.25, 0.3) is 0 Å². The van der Waals surface area contributed by atoms with Crippen molar-refractivity contribution in [3.05, 3.63) is 0 Å². The molecule has 1 amide bonds. The van der Waals surface area contributed by atoms with Crippen LogP contribution in [0.15, 0.2) is 0 Å². The Morgan fingerprint density at radius 2 is 2.25 bits per heavy atom. The van der Waals surface area contributed by atoms with Crippen LogP contribution in [0.5, 0.6) is 0 Å². The van der Waals surface area contributed by atoms with Gasteiger partial charge in [0.25, 0.3) is 0 Å². The molecule has 4 nitrogen and oxygen atoms in total. The molecular formula is C8H18N2O2. The topological polar surface area (TPSA) is 61.4 Å². The second-order valence-corrected chi connectivity index (χ2v) is 2.72. The SMILES string of the molecule is CCC(O)CNC(=O)CCNC. The average Bonchev–Trinajstić information content (AvgIpc) is 2.10. The van der Waals surface area contributed by atoms with Crippen LogP contribution in [0.3, 0.4) is 0 Å². The van der Waals surface area contributed by atoms with Crippen LogP contribution in [0.1, 0.15) is 19.8 Å². The molecule has 1 unspecified atom stereocenters. The second kappa shape index (κ2) is 7.06. The largest absolute Gasteiger partial charge is 0.391 e. The third-order valence-electron chi connectivity index (χ3n) is 1.61. The van der Waals surface area contributed by atoms with Gasteiger partial charge in [0, 0.05) is 19.5 Å². The first-order valence-corrected chi connectivity index (χ1v) is 4.30. The van der Waals surface area contributed by atoms with Gasteiger partial charge < -0.3 is 15.7 Å². The van der Waals surface area contributed by atoms with E-state index in [1.54, 1.807) is 7.05 Å². The van der Waals surface area contributed by atoms with Crippen molar-refractivity contribution in [1.29, 1.82) is 0 Å². The molecule has 0 aromatic carbocycles. The Labute approximate surface area is 73.3 Å². The van der Waals surface area contributed by atoms with Gasteiger partial charge in [0.05, 0.1) is 6.10 Å². The number of rotatable bonds is 6. The van der Waals surface area contributed by atoms with Crippen LogP contribution in [-0.2, 0) is 4.79 Å². The summed E-state index contributed by atoms with van der Waals surface area (Å²) in [7, 11) is 1.80. The van der Waals surface area contributed by atoms with Gasteiger partial charge in [-0.05, 0) is 13.5 Å². The highest BCUT2D eigenvalue weighted by Crippen LogP contribution is 1.86. The smallest absolute Gasteiger partial charge is 0.221 e. The van der Waals surface area contributed by atoms with E-state index in [-0.39, 0.29) is 5.91 Å². The fraction of sp³-hybridized carbons (Fsp3) is 0.875. The van der Waals surface area contributed by atoms with Crippen molar-refractivity contribution in [3.8, 4) is 0 Å². The van der Waals surface area contributed by atoms with Crippen molar-refractivity contribution in [1.82, 2.24) is 10.6 Å². The van der Waals surface area contributed by atoms with E-state index in [1.807, 2.05) is 6.92 Å². The zero-order chi connectivity index (χ0) is 9.40. The molecule has 0 saturated carbocycles. The first-order chi connectivity index (χ1) is 5.70. The summed E-state index contributed by atoms with van der Waals surface area (Å²) in [5, 5.41) is 14.6. The first kappa shape index (κ1) is 11.4. The van der Waals surface area contributed by atoms with E-state index in [9.17, 15) is 4.79 Å². The standard InChI is InChI=1S/C8H18N2O2/c1-3-7(11)6-10-8(12)4-5-9-2/h7,9,11H,3-6H2,1-2H3,(H,10,12). The molecule has 0 aromatic rings. The highest BCUT2D eigenvalue weighted by molar-refractivity contribution is 5.76. The van der Waals surface area contributed by atoms with E-state index in [2.05, 4.69) is 10.6 Å². The maximum Gasteiger partial charge on any atom is 0.221 e. The highest BCUT2D eigenvalue weighted by Gasteiger charge is 2.03. The zero-order valence-electron chi connectivity index (χ0n) is 7.76. The summed E-state index contributed by atoms with van der Waals surface area (Å²) >= 11 is 0. The molecule has 0 aromatic heterocycles. The Hall–Kier alpha value is -0.610. The molecule has 0 spiro atoms. The van der Waals surface area contributed by atoms with Crippen molar-refractivity contribution in [2.24, 2.45) is 0 Å². The van der Waals surface area contributed by atoms with Crippen LogP contribution >= 0.6 is 0 Å². The quantitative estimate of drug-likeness (QED) is 0.508. The van der Waals surface area contributed by atoms with Crippen molar-refractivity contribution >= 4 is 5.91 Å². The van der Waals surface area contributed by atoms with E-state index in [0.717, 1.165) is 0 Å². The van der Waals surface area contributed by atoms with E-state index >= 15 is 0 Å². The minimum Gasteiger partial charge on any atom is -0.391 e. The fourth-order valence-corrected chi connectivity index (χ4v) is 0.703. The molecule has 1 atom stereocenters. The number of hydrogen-bond acceptors (Lipinski definition) is 3. The normalized spacial score (nSPS) is 12.6. The van der Waals surface area contributed by atoms with Gasteiger partial charge in [-0.2, -0.15) is 0 Å². The molecule has 0 radical (unpaired) electrons. The van der Waals surface area contributed by atoms with Gasteiger partial charge in [0.2, 0.25) is 5.91 Å². The summed E-state index contributed by atoms with van der Waals surface area (Å²) in [6.45, 7) is 2.91. The lowest BCUT2D eigenvalue weighted by Crippen LogP contribution is -2.33. The molecule has 12 heavy (non-hydrogen) atoms. The number of amides is 1. The molecule has 4 heteroatoms. The van der Waals surface area contributed by atoms with E-state index < -0.39 is 6.10 Å². The number of aliphatic hydroxyl groups is 1. The Morgan fingerprint density at radius 3 is 2.75 bits per heavy atom. The molecule has 72 valence electrons. The van der Waals surface area contributed by atoms with Crippen LogP contribution in [0, 0.1) is 0 Å². The van der Waals surface area contributed by atoms with Crippen LogP contribution in [0.4, 0.5) is 0 Å². The summed E-state index contributed by atoms with van der Waals surface area (Å²) in [4.78, 5) is 11.0. The lowest BCUT2D eigenvalue weighted by Gasteiger charge is -2.08. The molecule has 3 N–H and O–H groups in total. The predicted octanol–water partition coefficient (Wildman–Crippen LogP) is -0.517. The Bertz CT molecular complexity index is 128.